The highest BCUT2D eigenvalue weighted by atomic mass is 19.1. The maximum Gasteiger partial charge on any atom is 0.337 e. The Morgan fingerprint density at radius 3 is 2.53 bits per heavy atom. The molecule has 0 aromatic heterocycles. The normalized spacial score (nSPS) is 11.3. The molecule has 0 saturated heterocycles. The quantitative estimate of drug-likeness (QED) is 0.710. The molecular weight excluding hydrogens is 201 g/mol. The van der Waals surface area contributed by atoms with Gasteiger partial charge in [-0.1, -0.05) is 0 Å². The van der Waals surface area contributed by atoms with Crippen LogP contribution in [0.1, 0.15) is 10.4 Å². The van der Waals surface area contributed by atoms with E-state index >= 15 is 0 Å². The first kappa shape index (κ1) is 11.0. The molecule has 0 fully saturated rings. The van der Waals surface area contributed by atoms with Crippen LogP contribution in [0.3, 0.4) is 0 Å². The molecule has 4 nitrogen and oxygen atoms in total. The lowest BCUT2D eigenvalue weighted by Gasteiger charge is -2.05. The summed E-state index contributed by atoms with van der Waals surface area (Å²) in [6, 6.07) is 6.90. The molecule has 1 rings (SSSR count). The average Bonchev–Trinajstić information content (AvgIpc) is 2.29. The van der Waals surface area contributed by atoms with E-state index in [0.717, 1.165) is 0 Å². The van der Waals surface area contributed by atoms with Crippen molar-refractivity contribution in [1.29, 1.82) is 5.26 Å². The van der Waals surface area contributed by atoms with Crippen molar-refractivity contribution in [3.05, 3.63) is 29.8 Å². The maximum atomic E-state index is 12.5. The summed E-state index contributed by atoms with van der Waals surface area (Å²) in [5.41, 5.74) is 0.331. The van der Waals surface area contributed by atoms with Gasteiger partial charge in [-0.05, 0) is 24.3 Å². The predicted molar refractivity (Wildman–Crippen MR) is 48.9 cm³/mol. The number of carbonyl (C=O) groups is 1. The number of alkyl halides is 1. The van der Waals surface area contributed by atoms with Crippen LogP contribution in [-0.2, 0) is 4.74 Å². The van der Waals surface area contributed by atoms with Crippen molar-refractivity contribution in [1.82, 2.24) is 0 Å². The number of ether oxygens (including phenoxy) is 2. The summed E-state index contributed by atoms with van der Waals surface area (Å²) < 4.78 is 21.5. The molecule has 1 aromatic rings. The van der Waals surface area contributed by atoms with E-state index in [-0.39, 0.29) is 5.75 Å². The Bertz CT molecular complexity index is 383. The number of nitrogens with zero attached hydrogens (tertiary/aromatic N) is 1. The molecule has 1 unspecified atom stereocenters. The Morgan fingerprint density at radius 1 is 1.47 bits per heavy atom. The smallest absolute Gasteiger partial charge is 0.337 e. The van der Waals surface area contributed by atoms with Gasteiger partial charge in [0.15, 0.2) is 0 Å². The fraction of sp³-hybridized carbons (Fsp3) is 0.200. The van der Waals surface area contributed by atoms with Gasteiger partial charge in [0.25, 0.3) is 0 Å². The average molecular weight is 209 g/mol. The van der Waals surface area contributed by atoms with Crippen LogP contribution in [0.15, 0.2) is 24.3 Å². The number of nitriles is 1. The minimum atomic E-state index is -2.01. The van der Waals surface area contributed by atoms with Crippen LogP contribution < -0.4 is 4.74 Å². The zero-order chi connectivity index (χ0) is 11.3. The summed E-state index contributed by atoms with van der Waals surface area (Å²) in [6.07, 6.45) is -2.01. The molecule has 0 heterocycles. The van der Waals surface area contributed by atoms with E-state index in [1.807, 2.05) is 0 Å². The van der Waals surface area contributed by atoms with E-state index < -0.39 is 12.3 Å². The van der Waals surface area contributed by atoms with Gasteiger partial charge >= 0.3 is 12.3 Å². The van der Waals surface area contributed by atoms with E-state index in [1.54, 1.807) is 0 Å². The van der Waals surface area contributed by atoms with Crippen molar-refractivity contribution < 1.29 is 18.7 Å². The van der Waals surface area contributed by atoms with Gasteiger partial charge in [-0.25, -0.2) is 4.79 Å². The van der Waals surface area contributed by atoms with Crippen molar-refractivity contribution >= 4 is 5.97 Å². The third kappa shape index (κ3) is 2.95. The summed E-state index contributed by atoms with van der Waals surface area (Å²) in [6.45, 7) is 0. The number of hydrogen-bond donors (Lipinski definition) is 0. The molecule has 0 amide bonds. The van der Waals surface area contributed by atoms with Crippen LogP contribution in [0.5, 0.6) is 5.75 Å². The van der Waals surface area contributed by atoms with E-state index in [4.69, 9.17) is 5.26 Å². The van der Waals surface area contributed by atoms with Crippen LogP contribution in [0, 0.1) is 11.3 Å². The lowest BCUT2D eigenvalue weighted by atomic mass is 10.2. The second-order valence-corrected chi connectivity index (χ2v) is 2.58. The molecule has 0 aliphatic rings. The lowest BCUT2D eigenvalue weighted by molar-refractivity contribution is 0.0600. The van der Waals surface area contributed by atoms with Crippen molar-refractivity contribution in [3.63, 3.8) is 0 Å². The highest BCUT2D eigenvalue weighted by molar-refractivity contribution is 5.89. The number of methoxy groups -OCH3 is 1. The Morgan fingerprint density at radius 2 is 2.07 bits per heavy atom. The molecule has 0 N–H and O–H groups in total. The summed E-state index contributed by atoms with van der Waals surface area (Å²) >= 11 is 0. The fourth-order valence-electron chi connectivity index (χ4n) is 0.933. The molecule has 15 heavy (non-hydrogen) atoms. The summed E-state index contributed by atoms with van der Waals surface area (Å²) in [5, 5.41) is 8.15. The Hall–Kier alpha value is -2.09. The van der Waals surface area contributed by atoms with Crippen molar-refractivity contribution in [2.45, 2.75) is 6.36 Å². The van der Waals surface area contributed by atoms with E-state index in [9.17, 15) is 9.18 Å². The van der Waals surface area contributed by atoms with Crippen molar-refractivity contribution in [2.75, 3.05) is 7.11 Å². The van der Waals surface area contributed by atoms with Gasteiger partial charge in [-0.3, -0.25) is 0 Å². The minimum Gasteiger partial charge on any atom is -0.465 e. The van der Waals surface area contributed by atoms with E-state index in [2.05, 4.69) is 9.47 Å². The third-order valence-corrected chi connectivity index (χ3v) is 1.62. The molecule has 0 spiro atoms. The molecule has 5 heteroatoms. The number of esters is 1. The number of hydrogen-bond acceptors (Lipinski definition) is 4. The van der Waals surface area contributed by atoms with E-state index in [0.29, 0.717) is 5.56 Å². The summed E-state index contributed by atoms with van der Waals surface area (Å²) in [4.78, 5) is 11.0. The van der Waals surface area contributed by atoms with Gasteiger partial charge in [0.05, 0.1) is 12.7 Å². The highest BCUT2D eigenvalue weighted by Crippen LogP contribution is 2.14. The van der Waals surface area contributed by atoms with Gasteiger partial charge in [-0.2, -0.15) is 9.65 Å². The van der Waals surface area contributed by atoms with E-state index in [1.165, 1.54) is 37.4 Å². The second-order valence-electron chi connectivity index (χ2n) is 2.58. The minimum absolute atomic E-state index is 0.178. The molecule has 1 atom stereocenters. The van der Waals surface area contributed by atoms with Gasteiger partial charge in [-0.15, -0.1) is 0 Å². The molecule has 0 aliphatic carbocycles. The molecule has 1 aromatic carbocycles. The topological polar surface area (TPSA) is 59.3 Å². The first-order valence-electron chi connectivity index (χ1n) is 4.06. The van der Waals surface area contributed by atoms with Crippen LogP contribution in [0.4, 0.5) is 4.39 Å². The fourth-order valence-corrected chi connectivity index (χ4v) is 0.933. The SMILES string of the molecule is COC(=O)c1ccc(OC(F)C#N)cc1. The zero-order valence-electron chi connectivity index (χ0n) is 7.94. The standard InChI is InChI=1S/C10H8FNO3/c1-14-10(13)7-2-4-8(5-3-7)15-9(11)6-12/h2-5,9H,1H3. The van der Waals surface area contributed by atoms with Crippen molar-refractivity contribution in [3.8, 4) is 11.8 Å². The van der Waals surface area contributed by atoms with Crippen LogP contribution >= 0.6 is 0 Å². The molecular formula is C10H8FNO3. The summed E-state index contributed by atoms with van der Waals surface area (Å²) in [5.74, 6) is -0.310. The van der Waals surface area contributed by atoms with Gasteiger partial charge in [0.1, 0.15) is 11.8 Å². The number of carbonyl (C=O) groups excluding carboxylic acids is 1. The third-order valence-electron chi connectivity index (χ3n) is 1.62. The first-order valence-corrected chi connectivity index (χ1v) is 4.06. The number of halogens is 1. The highest BCUT2D eigenvalue weighted by Gasteiger charge is 2.07. The summed E-state index contributed by atoms with van der Waals surface area (Å²) in [7, 11) is 1.26. The molecule has 78 valence electrons. The Kier molecular flexibility index (Phi) is 3.63. The monoisotopic (exact) mass is 209 g/mol. The van der Waals surface area contributed by atoms with Gasteiger partial charge in [0, 0.05) is 0 Å². The Labute approximate surface area is 85.8 Å². The predicted octanol–water partition coefficient (Wildman–Crippen LogP) is 1.67. The first-order chi connectivity index (χ1) is 7.17. The molecule has 0 radical (unpaired) electrons. The van der Waals surface area contributed by atoms with Gasteiger partial charge in [0.2, 0.25) is 0 Å². The Balaban J connectivity index is 2.73. The molecule has 0 saturated carbocycles. The zero-order valence-corrected chi connectivity index (χ0v) is 7.94. The van der Waals surface area contributed by atoms with Crippen LogP contribution in [0.25, 0.3) is 0 Å². The maximum absolute atomic E-state index is 12.5. The lowest BCUT2D eigenvalue weighted by Crippen LogP contribution is -2.06. The van der Waals surface area contributed by atoms with Gasteiger partial charge < -0.3 is 9.47 Å². The van der Waals surface area contributed by atoms with Crippen molar-refractivity contribution in [2.24, 2.45) is 0 Å². The number of rotatable bonds is 3. The molecule has 0 bridgehead atoms. The van der Waals surface area contributed by atoms with Crippen LogP contribution in [-0.4, -0.2) is 19.4 Å². The largest absolute Gasteiger partial charge is 0.465 e. The number of benzene rings is 1. The van der Waals surface area contributed by atoms with Crippen LogP contribution in [0.2, 0.25) is 0 Å². The molecule has 0 aliphatic heterocycles. The second kappa shape index (κ2) is 4.96.